The summed E-state index contributed by atoms with van der Waals surface area (Å²) in [7, 11) is 5.17. The summed E-state index contributed by atoms with van der Waals surface area (Å²) in [5.41, 5.74) is 3.55. The highest BCUT2D eigenvalue weighted by atomic mass is 16.5. The van der Waals surface area contributed by atoms with E-state index in [1.165, 1.54) is 11.1 Å². The smallest absolute Gasteiger partial charge is 0.223 e. The zero-order chi connectivity index (χ0) is 23.6. The Bertz CT molecular complexity index is 982. The van der Waals surface area contributed by atoms with E-state index < -0.39 is 0 Å². The molecule has 4 rings (SSSR count). The van der Waals surface area contributed by atoms with Gasteiger partial charge in [0.2, 0.25) is 5.91 Å². The van der Waals surface area contributed by atoms with Crippen LogP contribution in [0.15, 0.2) is 42.5 Å². The lowest BCUT2D eigenvalue weighted by Gasteiger charge is -2.44. The van der Waals surface area contributed by atoms with Crippen molar-refractivity contribution in [2.24, 2.45) is 5.92 Å². The van der Waals surface area contributed by atoms with Crippen molar-refractivity contribution in [3.05, 3.63) is 59.2 Å². The zero-order valence-corrected chi connectivity index (χ0v) is 20.4. The fourth-order valence-electron chi connectivity index (χ4n) is 5.60. The highest BCUT2D eigenvalue weighted by Crippen LogP contribution is 2.52. The summed E-state index contributed by atoms with van der Waals surface area (Å²) in [5, 5.41) is 3.28. The monoisotopic (exact) mass is 452 g/mol. The predicted molar refractivity (Wildman–Crippen MR) is 129 cm³/mol. The Morgan fingerprint density at radius 2 is 1.82 bits per heavy atom. The molecule has 33 heavy (non-hydrogen) atoms. The number of likely N-dealkylation sites (tertiary alicyclic amines) is 1. The van der Waals surface area contributed by atoms with E-state index in [0.717, 1.165) is 49.5 Å². The minimum atomic E-state index is -0.119. The number of methoxy groups -OCH3 is 3. The van der Waals surface area contributed by atoms with Crippen LogP contribution in [0.25, 0.3) is 0 Å². The van der Waals surface area contributed by atoms with Crippen LogP contribution < -0.4 is 14.8 Å². The van der Waals surface area contributed by atoms with Gasteiger partial charge in [-0.15, -0.1) is 0 Å². The second-order valence-corrected chi connectivity index (χ2v) is 9.49. The molecule has 0 unspecified atom stereocenters. The molecular weight excluding hydrogens is 416 g/mol. The molecule has 0 saturated carbocycles. The quantitative estimate of drug-likeness (QED) is 0.686. The van der Waals surface area contributed by atoms with Gasteiger partial charge in [0.1, 0.15) is 11.5 Å². The number of nitrogens with one attached hydrogen (secondary N) is 1. The Balaban J connectivity index is 1.56. The van der Waals surface area contributed by atoms with Gasteiger partial charge in [0.25, 0.3) is 0 Å². The highest BCUT2D eigenvalue weighted by molar-refractivity contribution is 5.78. The summed E-state index contributed by atoms with van der Waals surface area (Å²) in [5.74, 6) is 1.73. The van der Waals surface area contributed by atoms with E-state index in [9.17, 15) is 4.79 Å². The largest absolute Gasteiger partial charge is 0.497 e. The predicted octanol–water partition coefficient (Wildman–Crippen LogP) is 4.08. The van der Waals surface area contributed by atoms with Gasteiger partial charge >= 0.3 is 0 Å². The average molecular weight is 453 g/mol. The SMILES string of the molecule is COc1ccc(OC)c(CN2CCC3(CC2)c2ccccc2[C@@H](NC(=O)C(C)C)[C@@H]3OC)c1. The van der Waals surface area contributed by atoms with Crippen molar-refractivity contribution in [1.29, 1.82) is 0 Å². The van der Waals surface area contributed by atoms with Gasteiger partial charge in [-0.1, -0.05) is 38.1 Å². The lowest BCUT2D eigenvalue weighted by molar-refractivity contribution is -0.126. The average Bonchev–Trinajstić information content (AvgIpc) is 3.08. The third-order valence-corrected chi connectivity index (χ3v) is 7.39. The number of piperidine rings is 1. The molecule has 2 aliphatic rings. The Morgan fingerprint density at radius 1 is 1.09 bits per heavy atom. The standard InChI is InChI=1S/C27H36N2O4/c1-18(2)26(30)28-24-21-8-6-7-9-22(21)27(25(24)33-5)12-14-29(15-13-27)17-19-16-20(31-3)10-11-23(19)32-4/h6-11,16,18,24-25H,12-15,17H2,1-5H3,(H,28,30)/t24-,25+/m1/s1. The summed E-state index contributed by atoms with van der Waals surface area (Å²) >= 11 is 0. The molecule has 2 aromatic carbocycles. The topological polar surface area (TPSA) is 60.0 Å². The first kappa shape index (κ1) is 23.6. The molecule has 1 heterocycles. The van der Waals surface area contributed by atoms with Gasteiger partial charge in [-0.05, 0) is 55.3 Å². The van der Waals surface area contributed by atoms with Gasteiger partial charge in [-0.3, -0.25) is 9.69 Å². The first-order chi connectivity index (χ1) is 15.9. The number of amides is 1. The van der Waals surface area contributed by atoms with Crippen LogP contribution in [-0.2, 0) is 21.5 Å². The van der Waals surface area contributed by atoms with E-state index in [0.29, 0.717) is 0 Å². The molecule has 0 aromatic heterocycles. The molecule has 178 valence electrons. The summed E-state index contributed by atoms with van der Waals surface area (Å²) in [6.45, 7) is 6.56. The number of nitrogens with zero attached hydrogens (tertiary/aromatic N) is 1. The number of hydrogen-bond acceptors (Lipinski definition) is 5. The van der Waals surface area contributed by atoms with E-state index in [4.69, 9.17) is 14.2 Å². The summed E-state index contributed by atoms with van der Waals surface area (Å²) in [6, 6.07) is 14.4. The molecule has 1 spiro atoms. The van der Waals surface area contributed by atoms with Crippen molar-refractivity contribution in [3.63, 3.8) is 0 Å². The second kappa shape index (κ2) is 9.74. The van der Waals surface area contributed by atoms with Crippen molar-refractivity contribution < 1.29 is 19.0 Å². The molecule has 1 fully saturated rings. The third-order valence-electron chi connectivity index (χ3n) is 7.39. The normalized spacial score (nSPS) is 21.8. The van der Waals surface area contributed by atoms with Gasteiger partial charge in [0, 0.05) is 30.6 Å². The van der Waals surface area contributed by atoms with Crippen LogP contribution in [0.2, 0.25) is 0 Å². The van der Waals surface area contributed by atoms with Crippen LogP contribution in [0.4, 0.5) is 0 Å². The maximum atomic E-state index is 12.6. The van der Waals surface area contributed by atoms with Crippen LogP contribution >= 0.6 is 0 Å². The van der Waals surface area contributed by atoms with Crippen LogP contribution in [0.5, 0.6) is 11.5 Å². The molecule has 1 saturated heterocycles. The molecule has 6 heteroatoms. The lowest BCUT2D eigenvalue weighted by atomic mass is 9.71. The van der Waals surface area contributed by atoms with Crippen LogP contribution in [-0.4, -0.2) is 51.3 Å². The molecule has 2 aromatic rings. The van der Waals surface area contributed by atoms with Gasteiger partial charge in [-0.2, -0.15) is 0 Å². The first-order valence-electron chi connectivity index (χ1n) is 11.8. The molecule has 1 aliphatic carbocycles. The summed E-state index contributed by atoms with van der Waals surface area (Å²) in [6.07, 6.45) is 1.87. The Hall–Kier alpha value is -2.57. The molecule has 0 radical (unpaired) electrons. The summed E-state index contributed by atoms with van der Waals surface area (Å²) in [4.78, 5) is 15.1. The van der Waals surface area contributed by atoms with Gasteiger partial charge in [0.15, 0.2) is 0 Å². The minimum absolute atomic E-state index is 0.0640. The number of benzene rings is 2. The number of hydrogen-bond donors (Lipinski definition) is 1. The van der Waals surface area contributed by atoms with E-state index in [2.05, 4.69) is 40.5 Å². The Morgan fingerprint density at radius 3 is 2.45 bits per heavy atom. The van der Waals surface area contributed by atoms with Crippen molar-refractivity contribution in [2.75, 3.05) is 34.4 Å². The van der Waals surface area contributed by atoms with E-state index in [-0.39, 0.29) is 29.4 Å². The molecule has 1 aliphatic heterocycles. The highest BCUT2D eigenvalue weighted by Gasteiger charge is 2.54. The second-order valence-electron chi connectivity index (χ2n) is 9.49. The molecule has 6 nitrogen and oxygen atoms in total. The van der Waals surface area contributed by atoms with E-state index >= 15 is 0 Å². The minimum Gasteiger partial charge on any atom is -0.497 e. The molecule has 1 N–H and O–H groups in total. The maximum Gasteiger partial charge on any atom is 0.223 e. The Kier molecular flexibility index (Phi) is 6.96. The van der Waals surface area contributed by atoms with Crippen LogP contribution in [0.1, 0.15) is 49.4 Å². The number of fused-ring (bicyclic) bond motifs is 2. The third kappa shape index (κ3) is 4.34. The number of carbonyl (C=O) groups excluding carboxylic acids is 1. The number of carbonyl (C=O) groups is 1. The number of rotatable bonds is 7. The molecule has 1 amide bonds. The number of ether oxygens (including phenoxy) is 3. The maximum absolute atomic E-state index is 12.6. The van der Waals surface area contributed by atoms with Crippen molar-refractivity contribution in [1.82, 2.24) is 10.2 Å². The zero-order valence-electron chi connectivity index (χ0n) is 20.4. The van der Waals surface area contributed by atoms with E-state index in [1.54, 1.807) is 21.3 Å². The first-order valence-corrected chi connectivity index (χ1v) is 11.8. The van der Waals surface area contributed by atoms with Crippen molar-refractivity contribution in [2.45, 2.75) is 50.8 Å². The van der Waals surface area contributed by atoms with Gasteiger partial charge in [0.05, 0.1) is 26.4 Å². The van der Waals surface area contributed by atoms with Crippen LogP contribution in [0.3, 0.4) is 0 Å². The van der Waals surface area contributed by atoms with Crippen LogP contribution in [0, 0.1) is 5.92 Å². The molecule has 0 bridgehead atoms. The van der Waals surface area contributed by atoms with Gasteiger partial charge in [-0.25, -0.2) is 0 Å². The van der Waals surface area contributed by atoms with E-state index in [1.807, 2.05) is 26.0 Å². The summed E-state index contributed by atoms with van der Waals surface area (Å²) < 4.78 is 17.1. The van der Waals surface area contributed by atoms with Crippen molar-refractivity contribution in [3.8, 4) is 11.5 Å². The van der Waals surface area contributed by atoms with Gasteiger partial charge < -0.3 is 19.5 Å². The molecular formula is C27H36N2O4. The fraction of sp³-hybridized carbons (Fsp3) is 0.519. The lowest BCUT2D eigenvalue weighted by Crippen LogP contribution is -2.50. The molecule has 2 atom stereocenters. The fourth-order valence-corrected chi connectivity index (χ4v) is 5.60. The Labute approximate surface area is 197 Å². The van der Waals surface area contributed by atoms with Crippen molar-refractivity contribution >= 4 is 5.91 Å².